The molecule has 0 amide bonds. The van der Waals surface area contributed by atoms with Crippen LogP contribution >= 0.6 is 0 Å². The lowest BCUT2D eigenvalue weighted by atomic mass is 9.70. The summed E-state index contributed by atoms with van der Waals surface area (Å²) < 4.78 is 9.99. The summed E-state index contributed by atoms with van der Waals surface area (Å²) >= 11 is 0. The smallest absolute Gasteiger partial charge is 0.338 e. The van der Waals surface area contributed by atoms with Crippen molar-refractivity contribution in [3.63, 3.8) is 0 Å². The summed E-state index contributed by atoms with van der Waals surface area (Å²) in [6.07, 6.45) is 1.05. The van der Waals surface area contributed by atoms with E-state index < -0.39 is 0 Å². The zero-order valence-electron chi connectivity index (χ0n) is 18.8. The summed E-state index contributed by atoms with van der Waals surface area (Å²) in [6.45, 7) is 8.57. The molecule has 0 fully saturated rings. The summed E-state index contributed by atoms with van der Waals surface area (Å²) in [6, 6.07) is 13.6. The van der Waals surface area contributed by atoms with Crippen molar-refractivity contribution in [2.45, 2.75) is 46.0 Å². The summed E-state index contributed by atoms with van der Waals surface area (Å²) in [4.78, 5) is 23.9. The number of benzene rings is 2. The van der Waals surface area contributed by atoms with E-state index >= 15 is 0 Å². The van der Waals surface area contributed by atoms with E-state index in [-0.39, 0.29) is 23.8 Å². The Morgan fingerprint density at radius 3 is 2.32 bits per heavy atom. The molecule has 3 rings (SSSR count). The van der Waals surface area contributed by atoms with Gasteiger partial charge in [-0.2, -0.15) is 0 Å². The van der Waals surface area contributed by atoms with Crippen LogP contribution in [0.15, 0.2) is 48.0 Å². The molecule has 2 aromatic carbocycles. The number of methoxy groups -OCH3 is 1. The van der Waals surface area contributed by atoms with Crippen molar-refractivity contribution in [2.24, 2.45) is 0 Å². The standard InChI is InChI=1S/C27H28O4/c1-6-31-26(29)25-18(2)17-27(3,4)23-15-20(13-14-22(23)25)10-7-19-8-11-21(12-9-19)16-24(28)30-5/h8-9,11-15H,6,16-17H2,1-5H3. The molecule has 0 aliphatic heterocycles. The highest BCUT2D eigenvalue weighted by molar-refractivity contribution is 6.18. The molecule has 0 aromatic heterocycles. The van der Waals surface area contributed by atoms with Crippen LogP contribution in [-0.2, 0) is 30.9 Å². The molecule has 4 heteroatoms. The first-order chi connectivity index (χ1) is 14.7. The zero-order chi connectivity index (χ0) is 22.6. The van der Waals surface area contributed by atoms with Crippen molar-refractivity contribution < 1.29 is 19.1 Å². The van der Waals surface area contributed by atoms with Gasteiger partial charge in [0.25, 0.3) is 0 Å². The maximum absolute atomic E-state index is 12.6. The molecule has 0 atom stereocenters. The van der Waals surface area contributed by atoms with Crippen molar-refractivity contribution >= 4 is 17.5 Å². The van der Waals surface area contributed by atoms with Gasteiger partial charge in [-0.3, -0.25) is 4.79 Å². The van der Waals surface area contributed by atoms with Crippen LogP contribution in [0.2, 0.25) is 0 Å². The maximum Gasteiger partial charge on any atom is 0.338 e. The Morgan fingerprint density at radius 1 is 1.03 bits per heavy atom. The van der Waals surface area contributed by atoms with Crippen LogP contribution in [-0.4, -0.2) is 25.7 Å². The minimum Gasteiger partial charge on any atom is -0.469 e. The lowest BCUT2D eigenvalue weighted by Crippen LogP contribution is -2.26. The Kier molecular flexibility index (Phi) is 6.65. The third-order valence-corrected chi connectivity index (χ3v) is 5.51. The number of fused-ring (bicyclic) bond motifs is 1. The number of esters is 2. The number of carbonyl (C=O) groups excluding carboxylic acids is 2. The summed E-state index contributed by atoms with van der Waals surface area (Å²) in [5.41, 5.74) is 6.34. The molecule has 0 N–H and O–H groups in total. The van der Waals surface area contributed by atoms with Crippen molar-refractivity contribution in [3.05, 3.63) is 75.9 Å². The lowest BCUT2D eigenvalue weighted by Gasteiger charge is -2.34. The maximum atomic E-state index is 12.6. The van der Waals surface area contributed by atoms with Gasteiger partial charge >= 0.3 is 11.9 Å². The molecule has 1 aliphatic rings. The van der Waals surface area contributed by atoms with E-state index in [0.717, 1.165) is 39.8 Å². The highest BCUT2D eigenvalue weighted by atomic mass is 16.5. The predicted molar refractivity (Wildman–Crippen MR) is 121 cm³/mol. The van der Waals surface area contributed by atoms with E-state index in [1.165, 1.54) is 7.11 Å². The van der Waals surface area contributed by atoms with Gasteiger partial charge in [0.15, 0.2) is 0 Å². The van der Waals surface area contributed by atoms with E-state index in [2.05, 4.69) is 31.8 Å². The molecular weight excluding hydrogens is 388 g/mol. The number of allylic oxidation sites excluding steroid dienone is 1. The van der Waals surface area contributed by atoms with E-state index in [1.807, 2.05) is 50.2 Å². The topological polar surface area (TPSA) is 52.6 Å². The Balaban J connectivity index is 1.90. The summed E-state index contributed by atoms with van der Waals surface area (Å²) in [5, 5.41) is 0. The molecule has 4 nitrogen and oxygen atoms in total. The van der Waals surface area contributed by atoms with Gasteiger partial charge in [-0.15, -0.1) is 0 Å². The second kappa shape index (κ2) is 9.22. The van der Waals surface area contributed by atoms with Crippen LogP contribution in [0.25, 0.3) is 5.57 Å². The molecule has 31 heavy (non-hydrogen) atoms. The summed E-state index contributed by atoms with van der Waals surface area (Å²) in [5.74, 6) is 5.89. The minimum absolute atomic E-state index is 0.0946. The second-order valence-corrected chi connectivity index (χ2v) is 8.40. The average Bonchev–Trinajstić information content (AvgIpc) is 2.73. The number of rotatable bonds is 4. The minimum atomic E-state index is -0.262. The average molecular weight is 417 g/mol. The number of hydrogen-bond acceptors (Lipinski definition) is 4. The molecule has 0 bridgehead atoms. The molecule has 1 aliphatic carbocycles. The van der Waals surface area contributed by atoms with Crippen LogP contribution in [0.5, 0.6) is 0 Å². The van der Waals surface area contributed by atoms with Gasteiger partial charge in [0.1, 0.15) is 0 Å². The van der Waals surface area contributed by atoms with E-state index in [4.69, 9.17) is 9.47 Å². The lowest BCUT2D eigenvalue weighted by molar-refractivity contribution is -0.140. The van der Waals surface area contributed by atoms with Gasteiger partial charge in [0.05, 0.1) is 25.7 Å². The first-order valence-corrected chi connectivity index (χ1v) is 10.4. The highest BCUT2D eigenvalue weighted by Crippen LogP contribution is 2.43. The largest absolute Gasteiger partial charge is 0.469 e. The molecule has 0 saturated carbocycles. The quantitative estimate of drug-likeness (QED) is 0.530. The van der Waals surface area contributed by atoms with E-state index in [0.29, 0.717) is 12.2 Å². The molecule has 2 aromatic rings. The number of carbonyl (C=O) groups is 2. The van der Waals surface area contributed by atoms with Crippen LogP contribution in [0.4, 0.5) is 0 Å². The molecule has 0 unspecified atom stereocenters. The molecule has 0 saturated heterocycles. The first kappa shape index (κ1) is 22.4. The Bertz CT molecular complexity index is 1090. The van der Waals surface area contributed by atoms with E-state index in [1.54, 1.807) is 0 Å². The van der Waals surface area contributed by atoms with Gasteiger partial charge in [0.2, 0.25) is 0 Å². The normalized spacial score (nSPS) is 14.2. The van der Waals surface area contributed by atoms with E-state index in [9.17, 15) is 9.59 Å². The Labute approximate surface area is 184 Å². The van der Waals surface area contributed by atoms with Gasteiger partial charge in [-0.25, -0.2) is 4.79 Å². The van der Waals surface area contributed by atoms with Gasteiger partial charge in [-0.1, -0.05) is 49.5 Å². The van der Waals surface area contributed by atoms with Crippen LogP contribution in [0.3, 0.4) is 0 Å². The molecule has 0 spiro atoms. The first-order valence-electron chi connectivity index (χ1n) is 10.4. The van der Waals surface area contributed by atoms with Crippen LogP contribution in [0, 0.1) is 11.8 Å². The molecule has 0 radical (unpaired) electrons. The molecule has 0 heterocycles. The van der Waals surface area contributed by atoms with Gasteiger partial charge in [0, 0.05) is 11.1 Å². The predicted octanol–water partition coefficient (Wildman–Crippen LogP) is 4.82. The van der Waals surface area contributed by atoms with Crippen molar-refractivity contribution in [1.29, 1.82) is 0 Å². The Hall–Kier alpha value is -3.32. The van der Waals surface area contributed by atoms with Crippen molar-refractivity contribution in [3.8, 4) is 11.8 Å². The SMILES string of the molecule is CCOC(=O)C1=C(C)CC(C)(C)c2cc(C#Cc3ccc(CC(=O)OC)cc3)ccc21. The number of hydrogen-bond donors (Lipinski definition) is 0. The summed E-state index contributed by atoms with van der Waals surface area (Å²) in [7, 11) is 1.38. The van der Waals surface area contributed by atoms with Gasteiger partial charge in [-0.05, 0) is 66.6 Å². The third-order valence-electron chi connectivity index (χ3n) is 5.51. The fourth-order valence-corrected chi connectivity index (χ4v) is 4.05. The fourth-order valence-electron chi connectivity index (χ4n) is 4.05. The fraction of sp³-hybridized carbons (Fsp3) is 0.333. The van der Waals surface area contributed by atoms with Crippen LogP contribution in [0.1, 0.15) is 61.9 Å². The highest BCUT2D eigenvalue weighted by Gasteiger charge is 2.34. The third kappa shape index (κ3) is 5.06. The Morgan fingerprint density at radius 2 is 1.68 bits per heavy atom. The van der Waals surface area contributed by atoms with Crippen molar-refractivity contribution in [1.82, 2.24) is 0 Å². The zero-order valence-corrected chi connectivity index (χ0v) is 18.8. The molecule has 160 valence electrons. The second-order valence-electron chi connectivity index (χ2n) is 8.40. The van der Waals surface area contributed by atoms with Gasteiger partial charge < -0.3 is 9.47 Å². The molecular formula is C27H28O4. The number of ether oxygens (including phenoxy) is 2. The van der Waals surface area contributed by atoms with Crippen molar-refractivity contribution in [2.75, 3.05) is 13.7 Å². The monoisotopic (exact) mass is 416 g/mol. The van der Waals surface area contributed by atoms with Crippen LogP contribution < -0.4 is 0 Å².